The molecule has 0 N–H and O–H groups in total. The summed E-state index contributed by atoms with van der Waals surface area (Å²) in [5.41, 5.74) is 3.21. The van der Waals surface area contributed by atoms with Gasteiger partial charge in [-0.15, -0.1) is 0 Å². The number of fused-ring (bicyclic) bond motifs is 1. The molecule has 1 atom stereocenters. The Morgan fingerprint density at radius 3 is 2.48 bits per heavy atom. The Labute approximate surface area is 168 Å². The minimum atomic E-state index is -0.510. The molecular formula is C23H20N2O4. The fourth-order valence-corrected chi connectivity index (χ4v) is 3.78. The van der Waals surface area contributed by atoms with Gasteiger partial charge in [-0.2, -0.15) is 0 Å². The SMILES string of the molecule is O=C(COc1ccccc1[N+](=O)[O-])N1CCc2ccccc2C1c1ccccc1. The summed E-state index contributed by atoms with van der Waals surface area (Å²) < 4.78 is 5.55. The van der Waals surface area contributed by atoms with Crippen LogP contribution in [0.15, 0.2) is 78.9 Å². The van der Waals surface area contributed by atoms with Crippen molar-refractivity contribution in [3.8, 4) is 5.75 Å². The maximum Gasteiger partial charge on any atom is 0.310 e. The van der Waals surface area contributed by atoms with Gasteiger partial charge < -0.3 is 9.64 Å². The Morgan fingerprint density at radius 1 is 1.00 bits per heavy atom. The molecule has 1 amide bonds. The van der Waals surface area contributed by atoms with Gasteiger partial charge in [-0.25, -0.2) is 0 Å². The fraction of sp³-hybridized carbons (Fsp3) is 0.174. The molecule has 6 heteroatoms. The second kappa shape index (κ2) is 8.14. The molecule has 0 fully saturated rings. The van der Waals surface area contributed by atoms with Crippen LogP contribution in [-0.4, -0.2) is 28.9 Å². The van der Waals surface area contributed by atoms with Crippen molar-refractivity contribution >= 4 is 11.6 Å². The van der Waals surface area contributed by atoms with E-state index in [-0.39, 0.29) is 30.0 Å². The van der Waals surface area contributed by atoms with Crippen LogP contribution in [0.3, 0.4) is 0 Å². The zero-order chi connectivity index (χ0) is 20.2. The van der Waals surface area contributed by atoms with Crippen LogP contribution in [0.5, 0.6) is 5.75 Å². The number of ether oxygens (including phenoxy) is 1. The van der Waals surface area contributed by atoms with Gasteiger partial charge in [0.1, 0.15) is 0 Å². The van der Waals surface area contributed by atoms with Crippen LogP contribution < -0.4 is 4.74 Å². The average molecular weight is 388 g/mol. The molecule has 6 nitrogen and oxygen atoms in total. The van der Waals surface area contributed by atoms with Crippen molar-refractivity contribution < 1.29 is 14.5 Å². The molecule has 1 aliphatic heterocycles. The third-order valence-corrected chi connectivity index (χ3v) is 5.13. The minimum Gasteiger partial charge on any atom is -0.477 e. The van der Waals surface area contributed by atoms with E-state index in [1.54, 1.807) is 17.0 Å². The van der Waals surface area contributed by atoms with Gasteiger partial charge in [-0.1, -0.05) is 66.7 Å². The predicted molar refractivity (Wildman–Crippen MR) is 109 cm³/mol. The predicted octanol–water partition coefficient (Wildman–Crippen LogP) is 4.15. The summed E-state index contributed by atoms with van der Waals surface area (Å²) in [5, 5.41) is 11.2. The zero-order valence-corrected chi connectivity index (χ0v) is 15.7. The molecule has 1 unspecified atom stereocenters. The third-order valence-electron chi connectivity index (χ3n) is 5.13. The van der Waals surface area contributed by atoms with Gasteiger partial charge in [0.25, 0.3) is 5.91 Å². The molecule has 4 rings (SSSR count). The largest absolute Gasteiger partial charge is 0.477 e. The molecule has 0 bridgehead atoms. The lowest BCUT2D eigenvalue weighted by atomic mass is 9.88. The molecule has 1 aliphatic rings. The fourth-order valence-electron chi connectivity index (χ4n) is 3.78. The highest BCUT2D eigenvalue weighted by Gasteiger charge is 2.32. The number of para-hydroxylation sites is 2. The summed E-state index contributed by atoms with van der Waals surface area (Å²) in [6.07, 6.45) is 0.761. The molecule has 3 aromatic rings. The number of nitro benzene ring substituents is 1. The smallest absolute Gasteiger partial charge is 0.310 e. The summed E-state index contributed by atoms with van der Waals surface area (Å²) in [4.78, 5) is 25.5. The second-order valence-electron chi connectivity index (χ2n) is 6.86. The Bertz CT molecular complexity index is 1040. The first-order valence-electron chi connectivity index (χ1n) is 9.43. The average Bonchev–Trinajstić information content (AvgIpc) is 2.77. The van der Waals surface area contributed by atoms with E-state index in [0.29, 0.717) is 6.54 Å². The highest BCUT2D eigenvalue weighted by molar-refractivity contribution is 5.79. The summed E-state index contributed by atoms with van der Waals surface area (Å²) in [5.74, 6) is -0.106. The number of hydrogen-bond donors (Lipinski definition) is 0. The molecular weight excluding hydrogens is 368 g/mol. The first-order valence-corrected chi connectivity index (χ1v) is 9.43. The van der Waals surface area contributed by atoms with Gasteiger partial charge in [-0.3, -0.25) is 14.9 Å². The van der Waals surface area contributed by atoms with Crippen molar-refractivity contribution in [2.75, 3.05) is 13.2 Å². The number of nitro groups is 1. The number of benzene rings is 3. The Hall–Kier alpha value is -3.67. The van der Waals surface area contributed by atoms with Crippen LogP contribution in [0, 0.1) is 10.1 Å². The maximum atomic E-state index is 13.1. The molecule has 0 aromatic heterocycles. The molecule has 0 radical (unpaired) electrons. The van der Waals surface area contributed by atoms with E-state index in [4.69, 9.17) is 4.74 Å². The van der Waals surface area contributed by atoms with Crippen molar-refractivity contribution in [3.05, 3.63) is 106 Å². The number of carbonyl (C=O) groups excluding carboxylic acids is 1. The molecule has 0 saturated carbocycles. The van der Waals surface area contributed by atoms with Crippen LogP contribution in [0.25, 0.3) is 0 Å². The Balaban J connectivity index is 1.60. The van der Waals surface area contributed by atoms with Crippen molar-refractivity contribution in [1.82, 2.24) is 4.90 Å². The van der Waals surface area contributed by atoms with Gasteiger partial charge in [0.05, 0.1) is 11.0 Å². The van der Waals surface area contributed by atoms with E-state index in [2.05, 4.69) is 12.1 Å². The van der Waals surface area contributed by atoms with Crippen LogP contribution >= 0.6 is 0 Å². The molecule has 29 heavy (non-hydrogen) atoms. The van der Waals surface area contributed by atoms with Gasteiger partial charge in [0.15, 0.2) is 12.4 Å². The van der Waals surface area contributed by atoms with Crippen molar-refractivity contribution in [2.24, 2.45) is 0 Å². The monoisotopic (exact) mass is 388 g/mol. The van der Waals surface area contributed by atoms with Crippen molar-refractivity contribution in [3.63, 3.8) is 0 Å². The zero-order valence-electron chi connectivity index (χ0n) is 15.7. The summed E-state index contributed by atoms with van der Waals surface area (Å²) >= 11 is 0. The maximum absolute atomic E-state index is 13.1. The van der Waals surface area contributed by atoms with Crippen molar-refractivity contribution in [2.45, 2.75) is 12.5 Å². The van der Waals surface area contributed by atoms with E-state index in [1.165, 1.54) is 17.7 Å². The molecule has 0 saturated heterocycles. The Kier molecular flexibility index (Phi) is 5.24. The van der Waals surface area contributed by atoms with Gasteiger partial charge in [-0.05, 0) is 29.2 Å². The molecule has 3 aromatic carbocycles. The lowest BCUT2D eigenvalue weighted by molar-refractivity contribution is -0.385. The highest BCUT2D eigenvalue weighted by atomic mass is 16.6. The third kappa shape index (κ3) is 3.82. The molecule has 0 aliphatic carbocycles. The minimum absolute atomic E-state index is 0.0968. The van der Waals surface area contributed by atoms with Crippen LogP contribution in [0.1, 0.15) is 22.7 Å². The van der Waals surface area contributed by atoms with Crippen LogP contribution in [0.2, 0.25) is 0 Å². The van der Waals surface area contributed by atoms with E-state index >= 15 is 0 Å². The number of hydrogen-bond acceptors (Lipinski definition) is 4. The highest BCUT2D eigenvalue weighted by Crippen LogP contribution is 2.35. The molecule has 146 valence electrons. The summed E-state index contributed by atoms with van der Waals surface area (Å²) in [7, 11) is 0. The Morgan fingerprint density at radius 2 is 1.69 bits per heavy atom. The van der Waals surface area contributed by atoms with Crippen LogP contribution in [0.4, 0.5) is 5.69 Å². The number of amides is 1. The first kappa shape index (κ1) is 18.7. The normalized spacial score (nSPS) is 15.4. The lowest BCUT2D eigenvalue weighted by Crippen LogP contribution is -2.42. The summed E-state index contributed by atoms with van der Waals surface area (Å²) in [6.45, 7) is 0.312. The van der Waals surface area contributed by atoms with Crippen LogP contribution in [-0.2, 0) is 11.2 Å². The topological polar surface area (TPSA) is 72.7 Å². The summed E-state index contributed by atoms with van der Waals surface area (Å²) in [6, 6.07) is 23.9. The lowest BCUT2D eigenvalue weighted by Gasteiger charge is -2.37. The standard InChI is InChI=1S/C23H20N2O4/c26-22(16-29-21-13-7-6-12-20(21)25(27)28)24-15-14-17-8-4-5-11-19(17)23(24)18-9-2-1-3-10-18/h1-13,23H,14-16H2. The van der Waals surface area contributed by atoms with Gasteiger partial charge in [0, 0.05) is 12.6 Å². The van der Waals surface area contributed by atoms with Gasteiger partial charge in [0.2, 0.25) is 0 Å². The molecule has 1 heterocycles. The number of rotatable bonds is 5. The van der Waals surface area contributed by atoms with Crippen molar-refractivity contribution in [1.29, 1.82) is 0 Å². The van der Waals surface area contributed by atoms with E-state index < -0.39 is 4.92 Å². The first-order chi connectivity index (χ1) is 14.1. The number of carbonyl (C=O) groups is 1. The number of nitrogens with zero attached hydrogens (tertiary/aromatic N) is 2. The quantitative estimate of drug-likeness (QED) is 0.486. The van der Waals surface area contributed by atoms with E-state index in [9.17, 15) is 14.9 Å². The van der Waals surface area contributed by atoms with E-state index in [0.717, 1.165) is 17.5 Å². The van der Waals surface area contributed by atoms with Gasteiger partial charge >= 0.3 is 5.69 Å². The molecule has 0 spiro atoms. The van der Waals surface area contributed by atoms with E-state index in [1.807, 2.05) is 42.5 Å². The second-order valence-corrected chi connectivity index (χ2v) is 6.86.